The third kappa shape index (κ3) is 2.02. The number of nitrogens with one attached hydrogen (secondary N) is 1. The molecule has 1 aliphatic heterocycles. The molecular formula is C11H14BrNO2. The van der Waals surface area contributed by atoms with E-state index in [1.807, 2.05) is 12.1 Å². The van der Waals surface area contributed by atoms with Crippen LogP contribution in [0.4, 0.5) is 0 Å². The van der Waals surface area contributed by atoms with Crippen molar-refractivity contribution in [3.8, 4) is 5.75 Å². The van der Waals surface area contributed by atoms with E-state index in [1.165, 1.54) is 5.56 Å². The summed E-state index contributed by atoms with van der Waals surface area (Å²) in [6.45, 7) is 1.04. The van der Waals surface area contributed by atoms with E-state index in [0.717, 1.165) is 28.8 Å². The van der Waals surface area contributed by atoms with E-state index in [0.29, 0.717) is 0 Å². The molecule has 0 aromatic heterocycles. The van der Waals surface area contributed by atoms with Gasteiger partial charge in [0, 0.05) is 0 Å². The molecule has 0 amide bonds. The van der Waals surface area contributed by atoms with Crippen LogP contribution in [0.3, 0.4) is 0 Å². The summed E-state index contributed by atoms with van der Waals surface area (Å²) in [4.78, 5) is 0. The van der Waals surface area contributed by atoms with E-state index in [1.54, 1.807) is 7.11 Å². The van der Waals surface area contributed by atoms with Crippen LogP contribution in [0.2, 0.25) is 0 Å². The van der Waals surface area contributed by atoms with Crippen molar-refractivity contribution in [3.05, 3.63) is 27.7 Å². The van der Waals surface area contributed by atoms with Gasteiger partial charge in [0.1, 0.15) is 5.75 Å². The van der Waals surface area contributed by atoms with Gasteiger partial charge in [0.15, 0.2) is 0 Å². The second-order valence-corrected chi connectivity index (χ2v) is 4.48. The molecule has 0 aliphatic carbocycles. The number of methoxy groups -OCH3 is 1. The maximum atomic E-state index is 9.25. The summed E-state index contributed by atoms with van der Waals surface area (Å²) in [7, 11) is 1.66. The molecule has 1 aromatic carbocycles. The van der Waals surface area contributed by atoms with Crippen LogP contribution in [0.25, 0.3) is 0 Å². The van der Waals surface area contributed by atoms with Gasteiger partial charge in [-0.25, -0.2) is 0 Å². The predicted molar refractivity (Wildman–Crippen MR) is 62.2 cm³/mol. The highest BCUT2D eigenvalue weighted by Gasteiger charge is 2.20. The first kappa shape index (κ1) is 10.9. The minimum absolute atomic E-state index is 0.0518. The van der Waals surface area contributed by atoms with E-state index in [9.17, 15) is 5.11 Å². The standard InChI is InChI=1S/C11H14BrNO2/c1-15-11-4-7-2-3-13-10(6-14)8(7)5-9(11)12/h4-5,10,13-14H,2-3,6H2,1H3. The zero-order valence-electron chi connectivity index (χ0n) is 8.59. The molecule has 2 rings (SSSR count). The first-order valence-corrected chi connectivity index (χ1v) is 5.76. The van der Waals surface area contributed by atoms with Gasteiger partial charge in [-0.2, -0.15) is 0 Å². The quantitative estimate of drug-likeness (QED) is 0.860. The van der Waals surface area contributed by atoms with E-state index < -0.39 is 0 Å². The Labute approximate surface area is 97.6 Å². The number of fused-ring (bicyclic) bond motifs is 1. The highest BCUT2D eigenvalue weighted by molar-refractivity contribution is 9.10. The van der Waals surface area contributed by atoms with Gasteiger partial charge < -0.3 is 15.2 Å². The molecule has 0 saturated carbocycles. The molecule has 4 heteroatoms. The normalized spacial score (nSPS) is 19.8. The van der Waals surface area contributed by atoms with Gasteiger partial charge in [-0.15, -0.1) is 0 Å². The van der Waals surface area contributed by atoms with Crippen LogP contribution in [-0.4, -0.2) is 25.4 Å². The van der Waals surface area contributed by atoms with Crippen molar-refractivity contribution >= 4 is 15.9 Å². The number of aliphatic hydroxyl groups excluding tert-OH is 1. The number of hydrogen-bond acceptors (Lipinski definition) is 3. The van der Waals surface area contributed by atoms with Crippen LogP contribution in [0, 0.1) is 0 Å². The van der Waals surface area contributed by atoms with Crippen molar-refractivity contribution in [2.75, 3.05) is 20.3 Å². The van der Waals surface area contributed by atoms with E-state index >= 15 is 0 Å². The summed E-state index contributed by atoms with van der Waals surface area (Å²) in [5.41, 5.74) is 2.42. The molecule has 0 bridgehead atoms. The van der Waals surface area contributed by atoms with Gasteiger partial charge in [-0.05, 0) is 52.2 Å². The lowest BCUT2D eigenvalue weighted by Gasteiger charge is -2.26. The zero-order chi connectivity index (χ0) is 10.8. The first-order chi connectivity index (χ1) is 7.26. The van der Waals surface area contributed by atoms with Gasteiger partial charge in [-0.1, -0.05) is 0 Å². The fraction of sp³-hybridized carbons (Fsp3) is 0.455. The smallest absolute Gasteiger partial charge is 0.133 e. The van der Waals surface area contributed by atoms with Crippen LogP contribution in [0.5, 0.6) is 5.75 Å². The van der Waals surface area contributed by atoms with E-state index in [-0.39, 0.29) is 12.6 Å². The highest BCUT2D eigenvalue weighted by atomic mass is 79.9. The Morgan fingerprint density at radius 3 is 3.07 bits per heavy atom. The maximum Gasteiger partial charge on any atom is 0.133 e. The van der Waals surface area contributed by atoms with Crippen molar-refractivity contribution in [3.63, 3.8) is 0 Å². The summed E-state index contributed by atoms with van der Waals surface area (Å²) in [6, 6.07) is 4.13. The summed E-state index contributed by atoms with van der Waals surface area (Å²) in [6.07, 6.45) is 0.982. The molecule has 2 N–H and O–H groups in total. The monoisotopic (exact) mass is 271 g/mol. The van der Waals surface area contributed by atoms with Crippen molar-refractivity contribution in [2.45, 2.75) is 12.5 Å². The number of benzene rings is 1. The number of aliphatic hydroxyl groups is 1. The number of halogens is 1. The Kier molecular flexibility index (Phi) is 3.29. The Morgan fingerprint density at radius 2 is 2.40 bits per heavy atom. The van der Waals surface area contributed by atoms with Crippen LogP contribution in [0.1, 0.15) is 17.2 Å². The van der Waals surface area contributed by atoms with Crippen LogP contribution in [-0.2, 0) is 6.42 Å². The molecule has 1 unspecified atom stereocenters. The Morgan fingerprint density at radius 1 is 1.60 bits per heavy atom. The second-order valence-electron chi connectivity index (χ2n) is 3.62. The zero-order valence-corrected chi connectivity index (χ0v) is 10.2. The van der Waals surface area contributed by atoms with Crippen molar-refractivity contribution in [1.82, 2.24) is 5.32 Å². The lowest BCUT2D eigenvalue weighted by Crippen LogP contribution is -2.32. The third-order valence-corrected chi connectivity index (χ3v) is 3.38. The van der Waals surface area contributed by atoms with Gasteiger partial charge in [0.25, 0.3) is 0 Å². The average Bonchev–Trinajstić information content (AvgIpc) is 2.27. The number of rotatable bonds is 2. The molecule has 82 valence electrons. The molecule has 0 saturated heterocycles. The number of ether oxygens (including phenoxy) is 1. The highest BCUT2D eigenvalue weighted by Crippen LogP contribution is 2.33. The summed E-state index contributed by atoms with van der Waals surface area (Å²) >= 11 is 3.46. The molecule has 15 heavy (non-hydrogen) atoms. The average molecular weight is 272 g/mol. The topological polar surface area (TPSA) is 41.5 Å². The van der Waals surface area contributed by atoms with Crippen LogP contribution >= 0.6 is 15.9 Å². The Bertz CT molecular complexity index is 368. The summed E-state index contributed by atoms with van der Waals surface area (Å²) < 4.78 is 6.19. The van der Waals surface area contributed by atoms with E-state index in [2.05, 4.69) is 21.2 Å². The lowest BCUT2D eigenvalue weighted by atomic mass is 9.94. The maximum absolute atomic E-state index is 9.25. The molecule has 1 atom stereocenters. The molecule has 1 aromatic rings. The SMILES string of the molecule is COc1cc2c(cc1Br)C(CO)NCC2. The van der Waals surface area contributed by atoms with Crippen molar-refractivity contribution in [2.24, 2.45) is 0 Å². The Hall–Kier alpha value is -0.580. The van der Waals surface area contributed by atoms with Gasteiger partial charge >= 0.3 is 0 Å². The van der Waals surface area contributed by atoms with Crippen molar-refractivity contribution in [1.29, 1.82) is 0 Å². The lowest BCUT2D eigenvalue weighted by molar-refractivity contribution is 0.240. The summed E-state index contributed by atoms with van der Waals surface area (Å²) in [5, 5.41) is 12.5. The fourth-order valence-corrected chi connectivity index (χ4v) is 2.49. The van der Waals surface area contributed by atoms with Gasteiger partial charge in [0.2, 0.25) is 0 Å². The molecular weight excluding hydrogens is 258 g/mol. The summed E-state index contributed by atoms with van der Waals surface area (Å²) in [5.74, 6) is 0.854. The van der Waals surface area contributed by atoms with Gasteiger partial charge in [-0.3, -0.25) is 0 Å². The minimum atomic E-state index is 0.0518. The first-order valence-electron chi connectivity index (χ1n) is 4.96. The van der Waals surface area contributed by atoms with Crippen molar-refractivity contribution < 1.29 is 9.84 Å². The largest absolute Gasteiger partial charge is 0.496 e. The molecule has 1 aliphatic rings. The van der Waals surface area contributed by atoms with Gasteiger partial charge in [0.05, 0.1) is 24.2 Å². The van der Waals surface area contributed by atoms with Crippen LogP contribution in [0.15, 0.2) is 16.6 Å². The number of hydrogen-bond donors (Lipinski definition) is 2. The molecule has 3 nitrogen and oxygen atoms in total. The second kappa shape index (κ2) is 4.51. The molecule has 0 radical (unpaired) electrons. The minimum Gasteiger partial charge on any atom is -0.496 e. The van der Waals surface area contributed by atoms with Crippen LogP contribution < -0.4 is 10.1 Å². The molecule has 1 heterocycles. The predicted octanol–water partition coefficient (Wildman–Crippen LogP) is 1.64. The van der Waals surface area contributed by atoms with E-state index in [4.69, 9.17) is 4.74 Å². The Balaban J connectivity index is 2.45. The third-order valence-electron chi connectivity index (χ3n) is 2.76. The fourth-order valence-electron chi connectivity index (χ4n) is 1.96. The molecule has 0 fully saturated rings. The molecule has 0 spiro atoms.